The third kappa shape index (κ3) is 5.67. The van der Waals surface area contributed by atoms with E-state index in [2.05, 4.69) is 109 Å². The predicted molar refractivity (Wildman–Crippen MR) is 135 cm³/mol. The van der Waals surface area contributed by atoms with Gasteiger partial charge in [0.15, 0.2) is 0 Å². The van der Waals surface area contributed by atoms with Gasteiger partial charge in [-0.25, -0.2) is 0 Å². The second-order valence-corrected chi connectivity index (χ2v) is 8.46. The molecule has 0 atom stereocenters. The molecule has 0 amide bonds. The Morgan fingerprint density at radius 2 is 1.28 bits per heavy atom. The number of nitrogens with zero attached hydrogens (tertiary/aromatic N) is 2. The molecule has 166 valence electrons. The zero-order chi connectivity index (χ0) is 22.2. The summed E-state index contributed by atoms with van der Waals surface area (Å²) in [7, 11) is 2.19. The van der Waals surface area contributed by atoms with E-state index in [0.717, 1.165) is 51.5 Å². The van der Waals surface area contributed by atoms with Crippen LogP contribution in [0.15, 0.2) is 84.9 Å². The molecule has 0 radical (unpaired) electrons. The summed E-state index contributed by atoms with van der Waals surface area (Å²) in [5, 5.41) is 0. The van der Waals surface area contributed by atoms with Crippen molar-refractivity contribution in [3.05, 3.63) is 102 Å². The molecule has 3 aromatic rings. The molecule has 4 rings (SSSR count). The van der Waals surface area contributed by atoms with Crippen LogP contribution in [0, 0.1) is 0 Å². The summed E-state index contributed by atoms with van der Waals surface area (Å²) in [4.78, 5) is 4.87. The number of benzene rings is 3. The van der Waals surface area contributed by atoms with Gasteiger partial charge in [-0.05, 0) is 53.4 Å². The molecule has 3 nitrogen and oxygen atoms in total. The van der Waals surface area contributed by atoms with Gasteiger partial charge in [0.1, 0.15) is 12.4 Å². The van der Waals surface area contributed by atoms with Gasteiger partial charge in [0.25, 0.3) is 0 Å². The van der Waals surface area contributed by atoms with Gasteiger partial charge in [0.05, 0.1) is 0 Å². The lowest BCUT2D eigenvalue weighted by atomic mass is 9.88. The van der Waals surface area contributed by atoms with Crippen molar-refractivity contribution < 1.29 is 4.74 Å². The molecular formula is C29H34N2O. The van der Waals surface area contributed by atoms with Crippen LogP contribution in [-0.2, 0) is 0 Å². The van der Waals surface area contributed by atoms with Gasteiger partial charge in [0.2, 0.25) is 0 Å². The molecule has 0 bridgehead atoms. The first-order chi connectivity index (χ1) is 15.7. The van der Waals surface area contributed by atoms with Crippen LogP contribution in [-0.4, -0.2) is 56.2 Å². The van der Waals surface area contributed by atoms with Crippen LogP contribution in [0.4, 0.5) is 0 Å². The molecule has 1 saturated heterocycles. The fraction of sp³-hybridized carbons (Fsp3) is 0.310. The molecule has 0 aliphatic carbocycles. The Bertz CT molecular complexity index is 988. The highest BCUT2D eigenvalue weighted by Gasteiger charge is 2.14. The SMILES string of the molecule is CC/C(=C(\c1ccccc1)c1ccc(OCCN2CCN(C)CC2)cc1)c1ccccc1. The molecule has 1 aliphatic rings. The van der Waals surface area contributed by atoms with Crippen molar-refractivity contribution in [2.45, 2.75) is 13.3 Å². The Hall–Kier alpha value is -2.88. The fourth-order valence-electron chi connectivity index (χ4n) is 4.37. The molecular weight excluding hydrogens is 392 g/mol. The number of likely N-dealkylation sites (N-methyl/N-ethyl adjacent to an activating group) is 1. The van der Waals surface area contributed by atoms with Crippen molar-refractivity contribution in [1.29, 1.82) is 0 Å². The molecule has 0 spiro atoms. The van der Waals surface area contributed by atoms with Crippen molar-refractivity contribution in [2.75, 3.05) is 46.4 Å². The van der Waals surface area contributed by atoms with Crippen molar-refractivity contribution in [3.8, 4) is 5.75 Å². The second kappa shape index (κ2) is 11.1. The number of piperazine rings is 1. The van der Waals surface area contributed by atoms with Gasteiger partial charge < -0.3 is 9.64 Å². The van der Waals surface area contributed by atoms with Gasteiger partial charge in [-0.2, -0.15) is 0 Å². The Morgan fingerprint density at radius 1 is 0.719 bits per heavy atom. The summed E-state index contributed by atoms with van der Waals surface area (Å²) < 4.78 is 6.08. The third-order valence-corrected chi connectivity index (χ3v) is 6.26. The van der Waals surface area contributed by atoms with E-state index in [1.807, 2.05) is 0 Å². The maximum atomic E-state index is 6.08. The topological polar surface area (TPSA) is 15.7 Å². The quantitative estimate of drug-likeness (QED) is 0.431. The van der Waals surface area contributed by atoms with Crippen LogP contribution in [0.2, 0.25) is 0 Å². The Labute approximate surface area is 192 Å². The van der Waals surface area contributed by atoms with E-state index in [4.69, 9.17) is 4.74 Å². The van der Waals surface area contributed by atoms with E-state index < -0.39 is 0 Å². The number of ether oxygens (including phenoxy) is 1. The molecule has 1 fully saturated rings. The fourth-order valence-corrected chi connectivity index (χ4v) is 4.37. The molecule has 0 aromatic heterocycles. The Balaban J connectivity index is 1.53. The molecule has 0 N–H and O–H groups in total. The second-order valence-electron chi connectivity index (χ2n) is 8.46. The highest BCUT2D eigenvalue weighted by molar-refractivity contribution is 5.98. The number of rotatable bonds is 8. The molecule has 3 heteroatoms. The molecule has 1 heterocycles. The van der Waals surface area contributed by atoms with Crippen molar-refractivity contribution in [3.63, 3.8) is 0 Å². The van der Waals surface area contributed by atoms with Gasteiger partial charge >= 0.3 is 0 Å². The maximum absolute atomic E-state index is 6.08. The standard InChI is InChI=1S/C29H34N2O/c1-3-28(24-10-6-4-7-11-24)29(25-12-8-5-9-13-25)26-14-16-27(17-15-26)32-23-22-31-20-18-30(2)19-21-31/h4-17H,3,18-23H2,1-2H3/b29-28-. The normalized spacial score (nSPS) is 15.9. The summed E-state index contributed by atoms with van der Waals surface area (Å²) in [6, 6.07) is 30.1. The monoisotopic (exact) mass is 426 g/mol. The third-order valence-electron chi connectivity index (χ3n) is 6.26. The zero-order valence-corrected chi connectivity index (χ0v) is 19.3. The number of hydrogen-bond donors (Lipinski definition) is 0. The average Bonchev–Trinajstić information content (AvgIpc) is 2.85. The van der Waals surface area contributed by atoms with Crippen LogP contribution >= 0.6 is 0 Å². The molecule has 0 unspecified atom stereocenters. The van der Waals surface area contributed by atoms with E-state index in [1.54, 1.807) is 0 Å². The van der Waals surface area contributed by atoms with Crippen LogP contribution in [0.25, 0.3) is 11.1 Å². The smallest absolute Gasteiger partial charge is 0.119 e. The first kappa shape index (κ1) is 22.3. The van der Waals surface area contributed by atoms with Crippen LogP contribution in [0.5, 0.6) is 5.75 Å². The largest absolute Gasteiger partial charge is 0.492 e. The predicted octanol–water partition coefficient (Wildman–Crippen LogP) is 5.68. The lowest BCUT2D eigenvalue weighted by Crippen LogP contribution is -2.45. The highest BCUT2D eigenvalue weighted by Crippen LogP contribution is 2.34. The van der Waals surface area contributed by atoms with Crippen LogP contribution in [0.3, 0.4) is 0 Å². The number of allylic oxidation sites excluding steroid dienone is 1. The maximum Gasteiger partial charge on any atom is 0.119 e. The molecule has 32 heavy (non-hydrogen) atoms. The minimum Gasteiger partial charge on any atom is -0.492 e. The van der Waals surface area contributed by atoms with E-state index in [9.17, 15) is 0 Å². The van der Waals surface area contributed by atoms with Gasteiger partial charge in [-0.15, -0.1) is 0 Å². The lowest BCUT2D eigenvalue weighted by molar-refractivity contribution is 0.134. The van der Waals surface area contributed by atoms with E-state index in [1.165, 1.54) is 27.8 Å². The number of hydrogen-bond acceptors (Lipinski definition) is 3. The average molecular weight is 427 g/mol. The minimum atomic E-state index is 0.731. The summed E-state index contributed by atoms with van der Waals surface area (Å²) in [5.41, 5.74) is 6.41. The van der Waals surface area contributed by atoms with E-state index in [-0.39, 0.29) is 0 Å². The van der Waals surface area contributed by atoms with Gasteiger partial charge in [-0.3, -0.25) is 4.90 Å². The van der Waals surface area contributed by atoms with Gasteiger partial charge in [0, 0.05) is 32.7 Å². The summed E-state index contributed by atoms with van der Waals surface area (Å²) >= 11 is 0. The van der Waals surface area contributed by atoms with E-state index in [0.29, 0.717) is 0 Å². The van der Waals surface area contributed by atoms with Crippen LogP contribution in [0.1, 0.15) is 30.0 Å². The summed E-state index contributed by atoms with van der Waals surface area (Å²) in [6.45, 7) is 8.50. The molecule has 0 saturated carbocycles. The van der Waals surface area contributed by atoms with Crippen LogP contribution < -0.4 is 4.74 Å². The Kier molecular flexibility index (Phi) is 7.76. The van der Waals surface area contributed by atoms with Gasteiger partial charge in [-0.1, -0.05) is 79.7 Å². The van der Waals surface area contributed by atoms with E-state index >= 15 is 0 Å². The first-order valence-electron chi connectivity index (χ1n) is 11.7. The summed E-state index contributed by atoms with van der Waals surface area (Å²) in [6.07, 6.45) is 0.970. The molecule has 3 aromatic carbocycles. The highest BCUT2D eigenvalue weighted by atomic mass is 16.5. The minimum absolute atomic E-state index is 0.731. The first-order valence-corrected chi connectivity index (χ1v) is 11.7. The Morgan fingerprint density at radius 3 is 1.88 bits per heavy atom. The van der Waals surface area contributed by atoms with Crippen molar-refractivity contribution in [1.82, 2.24) is 9.80 Å². The molecule has 1 aliphatic heterocycles. The lowest BCUT2D eigenvalue weighted by Gasteiger charge is -2.32. The van der Waals surface area contributed by atoms with Crippen molar-refractivity contribution >= 4 is 11.1 Å². The summed E-state index contributed by atoms with van der Waals surface area (Å²) in [5.74, 6) is 0.938. The van der Waals surface area contributed by atoms with Crippen molar-refractivity contribution in [2.24, 2.45) is 0 Å². The zero-order valence-electron chi connectivity index (χ0n) is 19.3.